The number of methoxy groups -OCH3 is 1. The molecule has 0 unspecified atom stereocenters. The van der Waals surface area contributed by atoms with E-state index in [-0.39, 0.29) is 23.4 Å². The summed E-state index contributed by atoms with van der Waals surface area (Å²) in [7, 11) is 1.50. The number of carbonyl (C=O) groups is 1. The van der Waals surface area contributed by atoms with Crippen LogP contribution in [0.3, 0.4) is 0 Å². The number of nitrogens with one attached hydrogen (secondary N) is 1. The number of benzene rings is 1. The van der Waals surface area contributed by atoms with Crippen LogP contribution in [0, 0.1) is 0 Å². The van der Waals surface area contributed by atoms with E-state index >= 15 is 0 Å². The lowest BCUT2D eigenvalue weighted by molar-refractivity contribution is 0.259. The number of hydrogen-bond acceptors (Lipinski definition) is 7. The number of urea groups is 1. The van der Waals surface area contributed by atoms with E-state index < -0.39 is 6.03 Å². The average Bonchev–Trinajstić information content (AvgIpc) is 2.49. The number of anilines is 3. The summed E-state index contributed by atoms with van der Waals surface area (Å²) in [4.78, 5) is 18.9. The van der Waals surface area contributed by atoms with Gasteiger partial charge in [-0.05, 0) is 12.0 Å². The second-order valence-corrected chi connectivity index (χ2v) is 5.31. The molecule has 0 bridgehead atoms. The molecule has 0 atom stereocenters. The molecule has 24 heavy (non-hydrogen) atoms. The molecule has 2 aromatic rings. The van der Waals surface area contributed by atoms with Gasteiger partial charge in [-0.2, -0.15) is 4.98 Å². The first-order valence-electron chi connectivity index (χ1n) is 7.16. The van der Waals surface area contributed by atoms with Crippen LogP contribution in [0.15, 0.2) is 18.3 Å². The summed E-state index contributed by atoms with van der Waals surface area (Å²) in [5, 5.41) is 2.49. The zero-order valence-electron chi connectivity index (χ0n) is 13.7. The van der Waals surface area contributed by atoms with Crippen molar-refractivity contribution in [2.75, 3.05) is 23.9 Å². The van der Waals surface area contributed by atoms with Crippen LogP contribution in [-0.4, -0.2) is 23.1 Å². The van der Waals surface area contributed by atoms with Crippen molar-refractivity contribution in [3.8, 4) is 17.2 Å². The van der Waals surface area contributed by atoms with Crippen LogP contribution in [0.2, 0.25) is 0 Å². The van der Waals surface area contributed by atoms with Crippen molar-refractivity contribution in [2.45, 2.75) is 19.8 Å². The van der Waals surface area contributed by atoms with Crippen LogP contribution in [0.1, 0.15) is 25.3 Å². The lowest BCUT2D eigenvalue weighted by atomic mass is 10.0. The molecule has 0 spiro atoms. The first kappa shape index (κ1) is 17.1. The molecule has 2 rings (SSSR count). The molecule has 9 nitrogen and oxygen atoms in total. The minimum atomic E-state index is -0.716. The van der Waals surface area contributed by atoms with Gasteiger partial charge >= 0.3 is 6.03 Å². The van der Waals surface area contributed by atoms with Gasteiger partial charge < -0.3 is 32.0 Å². The zero-order chi connectivity index (χ0) is 17.9. The predicted molar refractivity (Wildman–Crippen MR) is 91.2 cm³/mol. The molecule has 1 heterocycles. The van der Waals surface area contributed by atoms with Crippen molar-refractivity contribution in [3.63, 3.8) is 0 Å². The molecule has 0 aliphatic heterocycles. The highest BCUT2D eigenvalue weighted by molar-refractivity contribution is 5.90. The van der Waals surface area contributed by atoms with Gasteiger partial charge in [0.05, 0.1) is 19.0 Å². The number of rotatable bonds is 5. The number of amides is 2. The van der Waals surface area contributed by atoms with Gasteiger partial charge in [0.2, 0.25) is 5.95 Å². The van der Waals surface area contributed by atoms with Crippen molar-refractivity contribution in [1.29, 1.82) is 0 Å². The fourth-order valence-corrected chi connectivity index (χ4v) is 2.11. The van der Waals surface area contributed by atoms with Gasteiger partial charge in [-0.15, -0.1) is 0 Å². The Kier molecular flexibility index (Phi) is 4.93. The van der Waals surface area contributed by atoms with E-state index in [0.717, 1.165) is 5.56 Å². The Morgan fingerprint density at radius 1 is 1.21 bits per heavy atom. The quantitative estimate of drug-likeness (QED) is 0.654. The molecule has 0 saturated carbocycles. The summed E-state index contributed by atoms with van der Waals surface area (Å²) in [6.07, 6.45) is 1.38. The van der Waals surface area contributed by atoms with E-state index in [9.17, 15) is 4.79 Å². The van der Waals surface area contributed by atoms with E-state index in [1.54, 1.807) is 12.1 Å². The standard InChI is InChI=1S/C15H20N6O3/c1-7(2)8-4-11(23-3)9(20-15(18)22)5-10(8)24-12-6-19-14(17)21-13(12)16/h4-7H,1-3H3,(H3,18,20,22)(H4,16,17,19,21). The molecule has 0 saturated heterocycles. The Balaban J connectivity index is 2.51. The van der Waals surface area contributed by atoms with Crippen molar-refractivity contribution in [2.24, 2.45) is 5.73 Å². The van der Waals surface area contributed by atoms with Crippen molar-refractivity contribution in [1.82, 2.24) is 9.97 Å². The first-order chi connectivity index (χ1) is 11.3. The fourth-order valence-electron chi connectivity index (χ4n) is 2.11. The van der Waals surface area contributed by atoms with E-state index in [4.69, 9.17) is 26.7 Å². The molecule has 0 fully saturated rings. The Morgan fingerprint density at radius 2 is 1.92 bits per heavy atom. The summed E-state index contributed by atoms with van der Waals surface area (Å²) in [5.41, 5.74) is 17.7. The van der Waals surface area contributed by atoms with E-state index in [1.165, 1.54) is 13.3 Å². The smallest absolute Gasteiger partial charge is 0.316 e. The van der Waals surface area contributed by atoms with Crippen LogP contribution in [0.4, 0.5) is 22.2 Å². The van der Waals surface area contributed by atoms with Crippen LogP contribution < -0.4 is 32.0 Å². The maximum absolute atomic E-state index is 11.2. The van der Waals surface area contributed by atoms with Crippen LogP contribution >= 0.6 is 0 Å². The molecule has 7 N–H and O–H groups in total. The minimum absolute atomic E-state index is 0.0507. The Morgan fingerprint density at radius 3 is 2.46 bits per heavy atom. The van der Waals surface area contributed by atoms with Crippen LogP contribution in [0.5, 0.6) is 17.2 Å². The van der Waals surface area contributed by atoms with Gasteiger partial charge in [-0.25, -0.2) is 9.78 Å². The molecule has 0 aliphatic rings. The third-order valence-electron chi connectivity index (χ3n) is 3.23. The SMILES string of the molecule is COc1cc(C(C)C)c(Oc2cnc(N)nc2N)cc1NC(N)=O. The highest BCUT2D eigenvalue weighted by Gasteiger charge is 2.17. The Bertz CT molecular complexity index is 763. The molecule has 0 radical (unpaired) electrons. The molecule has 9 heteroatoms. The maximum Gasteiger partial charge on any atom is 0.316 e. The highest BCUT2D eigenvalue weighted by Crippen LogP contribution is 2.39. The average molecular weight is 332 g/mol. The maximum atomic E-state index is 11.2. The molecule has 1 aromatic heterocycles. The molecular weight excluding hydrogens is 312 g/mol. The van der Waals surface area contributed by atoms with E-state index in [1.807, 2.05) is 13.8 Å². The summed E-state index contributed by atoms with van der Waals surface area (Å²) in [6, 6.07) is 2.65. The number of ether oxygens (including phenoxy) is 2. The van der Waals surface area contributed by atoms with Gasteiger partial charge in [0.1, 0.15) is 11.5 Å². The van der Waals surface area contributed by atoms with Crippen molar-refractivity contribution in [3.05, 3.63) is 23.9 Å². The molecule has 2 amide bonds. The first-order valence-corrected chi connectivity index (χ1v) is 7.16. The van der Waals surface area contributed by atoms with Gasteiger partial charge in [0.25, 0.3) is 0 Å². The van der Waals surface area contributed by atoms with E-state index in [2.05, 4.69) is 15.3 Å². The number of nitrogens with zero attached hydrogens (tertiary/aromatic N) is 2. The third-order valence-corrected chi connectivity index (χ3v) is 3.23. The normalized spacial score (nSPS) is 10.5. The highest BCUT2D eigenvalue weighted by atomic mass is 16.5. The topological polar surface area (TPSA) is 151 Å². The van der Waals surface area contributed by atoms with Gasteiger partial charge in [0, 0.05) is 11.6 Å². The van der Waals surface area contributed by atoms with Gasteiger partial charge in [0.15, 0.2) is 11.6 Å². The molecule has 0 aliphatic carbocycles. The second-order valence-electron chi connectivity index (χ2n) is 5.31. The molecule has 128 valence electrons. The third kappa shape index (κ3) is 3.75. The number of nitrogens with two attached hydrogens (primary N) is 3. The summed E-state index contributed by atoms with van der Waals surface area (Å²) in [6.45, 7) is 3.98. The zero-order valence-corrected chi connectivity index (χ0v) is 13.7. The van der Waals surface area contributed by atoms with Crippen LogP contribution in [-0.2, 0) is 0 Å². The van der Waals surface area contributed by atoms with Gasteiger partial charge in [-0.3, -0.25) is 0 Å². The largest absolute Gasteiger partial charge is 0.495 e. The predicted octanol–water partition coefficient (Wildman–Crippen LogP) is 2.06. The number of nitrogen functional groups attached to an aromatic ring is 2. The fraction of sp³-hybridized carbons (Fsp3) is 0.267. The molecule has 1 aromatic carbocycles. The number of hydrogen-bond donors (Lipinski definition) is 4. The molecular formula is C15H20N6O3. The summed E-state index contributed by atoms with van der Waals surface area (Å²) >= 11 is 0. The lowest BCUT2D eigenvalue weighted by Crippen LogP contribution is -2.20. The number of primary amides is 1. The van der Waals surface area contributed by atoms with Crippen molar-refractivity contribution >= 4 is 23.5 Å². The minimum Gasteiger partial charge on any atom is -0.495 e. The van der Waals surface area contributed by atoms with Crippen LogP contribution in [0.25, 0.3) is 0 Å². The monoisotopic (exact) mass is 332 g/mol. The Labute approximate surface area is 139 Å². The summed E-state index contributed by atoms with van der Waals surface area (Å²) < 4.78 is 11.1. The second kappa shape index (κ2) is 6.90. The number of carbonyl (C=O) groups excluding carboxylic acids is 1. The van der Waals surface area contributed by atoms with Crippen molar-refractivity contribution < 1.29 is 14.3 Å². The number of aromatic nitrogens is 2. The lowest BCUT2D eigenvalue weighted by Gasteiger charge is -2.18. The summed E-state index contributed by atoms with van der Waals surface area (Å²) in [5.74, 6) is 1.46. The van der Waals surface area contributed by atoms with Gasteiger partial charge in [-0.1, -0.05) is 13.8 Å². The Hall–Kier alpha value is -3.23. The van der Waals surface area contributed by atoms with E-state index in [0.29, 0.717) is 17.2 Å².